The number of rotatable bonds is 5. The second-order valence-electron chi connectivity index (χ2n) is 6.68. The molecule has 0 radical (unpaired) electrons. The van der Waals surface area contributed by atoms with Crippen LogP contribution in [-0.2, 0) is 11.2 Å². The van der Waals surface area contributed by atoms with Crippen LogP contribution in [-0.4, -0.2) is 39.2 Å². The van der Waals surface area contributed by atoms with E-state index in [0.717, 1.165) is 18.5 Å². The first-order valence-electron chi connectivity index (χ1n) is 9.16. The largest absolute Gasteiger partial charge is 0.352 e. The number of tetrazole rings is 1. The molecule has 0 spiro atoms. The summed E-state index contributed by atoms with van der Waals surface area (Å²) in [4.78, 5) is 13.9. The number of carbonyl (C=O) groups is 1. The molecule has 27 heavy (non-hydrogen) atoms. The summed E-state index contributed by atoms with van der Waals surface area (Å²) in [7, 11) is 0. The number of hydrogen-bond acceptors (Lipinski definition) is 5. The van der Waals surface area contributed by atoms with Crippen LogP contribution in [0, 0.1) is 0 Å². The third kappa shape index (κ3) is 3.73. The van der Waals surface area contributed by atoms with Gasteiger partial charge in [-0.1, -0.05) is 54.6 Å². The maximum absolute atomic E-state index is 12.6. The van der Waals surface area contributed by atoms with Gasteiger partial charge < -0.3 is 10.6 Å². The lowest BCUT2D eigenvalue weighted by molar-refractivity contribution is -0.124. The predicted octanol–water partition coefficient (Wildman–Crippen LogP) is 1.90. The van der Waals surface area contributed by atoms with Gasteiger partial charge in [0, 0.05) is 18.2 Å². The molecule has 0 aliphatic carbocycles. The number of nitrogens with zero attached hydrogens (tertiary/aromatic N) is 4. The summed E-state index contributed by atoms with van der Waals surface area (Å²) in [6, 6.07) is 17.5. The predicted molar refractivity (Wildman–Crippen MR) is 102 cm³/mol. The van der Waals surface area contributed by atoms with Crippen molar-refractivity contribution < 1.29 is 4.79 Å². The van der Waals surface area contributed by atoms with Crippen molar-refractivity contribution >= 4 is 5.91 Å². The van der Waals surface area contributed by atoms with Gasteiger partial charge in [-0.3, -0.25) is 4.79 Å². The molecule has 138 valence electrons. The van der Waals surface area contributed by atoms with Crippen molar-refractivity contribution in [3.05, 3.63) is 65.7 Å². The van der Waals surface area contributed by atoms with Gasteiger partial charge in [-0.05, 0) is 36.2 Å². The van der Waals surface area contributed by atoms with Gasteiger partial charge in [-0.2, -0.15) is 4.80 Å². The van der Waals surface area contributed by atoms with Gasteiger partial charge in [0.25, 0.3) is 0 Å². The van der Waals surface area contributed by atoms with E-state index in [0.29, 0.717) is 12.4 Å². The first-order chi connectivity index (χ1) is 13.2. The molecule has 1 aliphatic rings. The van der Waals surface area contributed by atoms with Gasteiger partial charge in [-0.25, -0.2) is 0 Å². The van der Waals surface area contributed by atoms with Crippen molar-refractivity contribution in [2.75, 3.05) is 13.1 Å². The summed E-state index contributed by atoms with van der Waals surface area (Å²) in [5.74, 6) is 0.384. The highest BCUT2D eigenvalue weighted by Crippen LogP contribution is 2.22. The third-order valence-electron chi connectivity index (χ3n) is 4.88. The smallest absolute Gasteiger partial charge is 0.246 e. The van der Waals surface area contributed by atoms with Crippen molar-refractivity contribution in [3.63, 3.8) is 0 Å². The van der Waals surface area contributed by atoms with Gasteiger partial charge in [0.2, 0.25) is 11.7 Å². The molecule has 2 atom stereocenters. The van der Waals surface area contributed by atoms with Gasteiger partial charge in [0.15, 0.2) is 0 Å². The molecule has 2 N–H and O–H groups in total. The van der Waals surface area contributed by atoms with E-state index in [1.165, 1.54) is 15.9 Å². The van der Waals surface area contributed by atoms with Crippen molar-refractivity contribution in [2.24, 2.45) is 0 Å². The van der Waals surface area contributed by atoms with Crippen LogP contribution in [0.25, 0.3) is 11.4 Å². The minimum atomic E-state index is -0.534. The molecular weight excluding hydrogens is 340 g/mol. The molecule has 4 rings (SSSR count). The lowest BCUT2D eigenvalue weighted by Gasteiger charge is -2.27. The quantitative estimate of drug-likeness (QED) is 0.724. The van der Waals surface area contributed by atoms with Crippen LogP contribution in [0.15, 0.2) is 54.6 Å². The van der Waals surface area contributed by atoms with Crippen molar-refractivity contribution in [1.29, 1.82) is 0 Å². The Hall–Kier alpha value is -3.06. The Morgan fingerprint density at radius 1 is 1.22 bits per heavy atom. The second kappa shape index (κ2) is 7.67. The Morgan fingerprint density at radius 2 is 2.00 bits per heavy atom. The van der Waals surface area contributed by atoms with E-state index in [-0.39, 0.29) is 11.9 Å². The van der Waals surface area contributed by atoms with E-state index < -0.39 is 6.04 Å². The SMILES string of the molecule is CC(C(=O)NCC1NCCc2ccccc21)n1nnc(-c2ccccc2)n1. The Labute approximate surface area is 157 Å². The van der Waals surface area contributed by atoms with E-state index in [1.807, 2.05) is 36.4 Å². The topological polar surface area (TPSA) is 84.7 Å². The maximum atomic E-state index is 12.6. The Balaban J connectivity index is 1.40. The number of hydrogen-bond donors (Lipinski definition) is 2. The molecule has 7 heteroatoms. The summed E-state index contributed by atoms with van der Waals surface area (Å²) in [5.41, 5.74) is 3.47. The summed E-state index contributed by atoms with van der Waals surface area (Å²) >= 11 is 0. The molecule has 0 fully saturated rings. The van der Waals surface area contributed by atoms with Crippen LogP contribution in [0.4, 0.5) is 0 Å². The van der Waals surface area contributed by atoms with Crippen LogP contribution in [0.2, 0.25) is 0 Å². The van der Waals surface area contributed by atoms with E-state index in [4.69, 9.17) is 0 Å². The Bertz CT molecular complexity index is 923. The van der Waals surface area contributed by atoms with Crippen molar-refractivity contribution in [1.82, 2.24) is 30.8 Å². The number of amides is 1. The van der Waals surface area contributed by atoms with E-state index in [2.05, 4.69) is 44.2 Å². The zero-order chi connectivity index (χ0) is 18.6. The highest BCUT2D eigenvalue weighted by Gasteiger charge is 2.23. The van der Waals surface area contributed by atoms with Crippen LogP contribution in [0.5, 0.6) is 0 Å². The van der Waals surface area contributed by atoms with Gasteiger partial charge in [0.05, 0.1) is 0 Å². The molecule has 0 bridgehead atoms. The fourth-order valence-corrected chi connectivity index (χ4v) is 3.32. The average Bonchev–Trinajstić information content (AvgIpc) is 3.22. The summed E-state index contributed by atoms with van der Waals surface area (Å²) < 4.78 is 0. The lowest BCUT2D eigenvalue weighted by atomic mass is 9.94. The summed E-state index contributed by atoms with van der Waals surface area (Å²) in [6.07, 6.45) is 1.02. The molecule has 1 aliphatic heterocycles. The molecular formula is C20H22N6O. The monoisotopic (exact) mass is 362 g/mol. The molecule has 1 amide bonds. The number of benzene rings is 2. The number of nitrogens with one attached hydrogen (secondary N) is 2. The first-order valence-corrected chi connectivity index (χ1v) is 9.16. The highest BCUT2D eigenvalue weighted by atomic mass is 16.2. The number of fused-ring (bicyclic) bond motifs is 1. The average molecular weight is 362 g/mol. The van der Waals surface area contributed by atoms with Gasteiger partial charge >= 0.3 is 0 Å². The van der Waals surface area contributed by atoms with E-state index in [1.54, 1.807) is 6.92 Å². The van der Waals surface area contributed by atoms with Gasteiger partial charge in [-0.15, -0.1) is 10.2 Å². The molecule has 2 aromatic carbocycles. The number of carbonyl (C=O) groups excluding carboxylic acids is 1. The lowest BCUT2D eigenvalue weighted by Crippen LogP contribution is -2.41. The fourth-order valence-electron chi connectivity index (χ4n) is 3.32. The van der Waals surface area contributed by atoms with Crippen LogP contribution in [0.1, 0.15) is 30.1 Å². The molecule has 0 saturated carbocycles. The zero-order valence-corrected chi connectivity index (χ0v) is 15.2. The molecule has 2 heterocycles. The molecule has 1 aromatic heterocycles. The summed E-state index contributed by atoms with van der Waals surface area (Å²) in [5, 5.41) is 18.9. The van der Waals surface area contributed by atoms with Crippen LogP contribution in [0.3, 0.4) is 0 Å². The minimum absolute atomic E-state index is 0.120. The third-order valence-corrected chi connectivity index (χ3v) is 4.88. The Kier molecular flexibility index (Phi) is 4.93. The molecule has 7 nitrogen and oxygen atoms in total. The standard InChI is InChI=1S/C20H22N6O/c1-14(26-24-19(23-25-26)16-8-3-2-4-9-16)20(27)22-13-18-17-10-6-5-7-15(17)11-12-21-18/h2-10,14,18,21H,11-13H2,1H3,(H,22,27). The van der Waals surface area contributed by atoms with E-state index in [9.17, 15) is 4.79 Å². The highest BCUT2D eigenvalue weighted by molar-refractivity contribution is 5.79. The Morgan fingerprint density at radius 3 is 2.85 bits per heavy atom. The van der Waals surface area contributed by atoms with Crippen molar-refractivity contribution in [2.45, 2.75) is 25.4 Å². The zero-order valence-electron chi connectivity index (χ0n) is 15.2. The molecule has 3 aromatic rings. The minimum Gasteiger partial charge on any atom is -0.352 e. The first kappa shape index (κ1) is 17.4. The molecule has 2 unspecified atom stereocenters. The fraction of sp³-hybridized carbons (Fsp3) is 0.300. The van der Waals surface area contributed by atoms with Crippen molar-refractivity contribution in [3.8, 4) is 11.4 Å². The van der Waals surface area contributed by atoms with Gasteiger partial charge in [0.1, 0.15) is 6.04 Å². The second-order valence-corrected chi connectivity index (χ2v) is 6.68. The molecule has 0 saturated heterocycles. The van der Waals surface area contributed by atoms with E-state index >= 15 is 0 Å². The number of aromatic nitrogens is 4. The normalized spacial score (nSPS) is 17.1. The van der Waals surface area contributed by atoms with Crippen LogP contribution >= 0.6 is 0 Å². The maximum Gasteiger partial charge on any atom is 0.246 e. The van der Waals surface area contributed by atoms with Crippen LogP contribution < -0.4 is 10.6 Å². The summed E-state index contributed by atoms with van der Waals surface area (Å²) in [6.45, 7) is 3.21.